The Morgan fingerprint density at radius 1 is 0.900 bits per heavy atom. The number of aliphatic hydroxyl groups is 1. The van der Waals surface area contributed by atoms with E-state index in [1.54, 1.807) is 18.2 Å². The number of aromatic hydroxyl groups is 1. The van der Waals surface area contributed by atoms with Crippen LogP contribution in [0, 0.1) is 0 Å². The molecule has 5 nitrogen and oxygen atoms in total. The van der Waals surface area contributed by atoms with Crippen molar-refractivity contribution in [2.45, 2.75) is 24.7 Å². The van der Waals surface area contributed by atoms with Gasteiger partial charge in [-0.1, -0.05) is 72.8 Å². The summed E-state index contributed by atoms with van der Waals surface area (Å²) in [6.45, 7) is 0.379. The highest BCUT2D eigenvalue weighted by Crippen LogP contribution is 2.45. The summed E-state index contributed by atoms with van der Waals surface area (Å²) < 4.78 is 26.0. The third-order valence-corrected chi connectivity index (χ3v) is 8.56. The predicted octanol–water partition coefficient (Wildman–Crippen LogP) is 3.30. The quantitative estimate of drug-likeness (QED) is 0.594. The van der Waals surface area contributed by atoms with Crippen LogP contribution in [0.25, 0.3) is 0 Å². The molecule has 0 radical (unpaired) electrons. The normalized spacial score (nSPS) is 21.8. The van der Waals surface area contributed by atoms with Crippen LogP contribution in [-0.2, 0) is 9.30 Å². The van der Waals surface area contributed by atoms with Gasteiger partial charge < -0.3 is 24.3 Å². The number of para-hydroxylation sites is 2. The van der Waals surface area contributed by atoms with Gasteiger partial charge in [-0.25, -0.2) is 0 Å². The monoisotopic (exact) mass is 424 g/mol. The summed E-state index contributed by atoms with van der Waals surface area (Å²) in [5.41, 5.74) is 0. The highest BCUT2D eigenvalue weighted by molar-refractivity contribution is 7.78. The van der Waals surface area contributed by atoms with Crippen molar-refractivity contribution in [1.82, 2.24) is 0 Å². The lowest BCUT2D eigenvalue weighted by molar-refractivity contribution is -0.117. The van der Waals surface area contributed by atoms with Crippen LogP contribution in [0.5, 0.6) is 11.5 Å². The van der Waals surface area contributed by atoms with Crippen molar-refractivity contribution in [2.75, 3.05) is 12.8 Å². The first-order valence-electron chi connectivity index (χ1n) is 10.0. The number of phenolic OH excluding ortho intramolecular Hbond substituents is 1. The molecule has 30 heavy (non-hydrogen) atoms. The summed E-state index contributed by atoms with van der Waals surface area (Å²) >= 11 is 0. The zero-order valence-corrected chi connectivity index (χ0v) is 17.4. The van der Waals surface area contributed by atoms with Gasteiger partial charge in [0.25, 0.3) is 0 Å². The molecule has 1 fully saturated rings. The number of hydrogen-bond acceptors (Lipinski definition) is 5. The van der Waals surface area contributed by atoms with E-state index >= 15 is 0 Å². The number of hydrogen-bond donors (Lipinski definition) is 2. The molecular formula is C24H25O5P. The zero-order chi connectivity index (χ0) is 21.0. The Morgan fingerprint density at radius 3 is 2.07 bits per heavy atom. The van der Waals surface area contributed by atoms with Gasteiger partial charge in [0.1, 0.15) is 19.3 Å². The Balaban J connectivity index is 1.60. The van der Waals surface area contributed by atoms with Gasteiger partial charge in [-0.3, -0.25) is 0 Å². The lowest BCUT2D eigenvalue weighted by Crippen LogP contribution is -2.49. The fourth-order valence-electron chi connectivity index (χ4n) is 3.80. The van der Waals surface area contributed by atoms with E-state index in [9.17, 15) is 14.8 Å². The molecule has 3 atom stereocenters. The number of benzene rings is 3. The van der Waals surface area contributed by atoms with Gasteiger partial charge in [0.15, 0.2) is 11.5 Å². The maximum atomic E-state index is 14.3. The number of aliphatic hydroxyl groups excluding tert-OH is 1. The highest BCUT2D eigenvalue weighted by atomic mass is 31.2. The first kappa shape index (κ1) is 20.7. The van der Waals surface area contributed by atoms with Crippen molar-refractivity contribution in [3.63, 3.8) is 0 Å². The molecular weight excluding hydrogens is 399 g/mol. The highest BCUT2D eigenvalue weighted by Gasteiger charge is 2.40. The van der Waals surface area contributed by atoms with Crippen molar-refractivity contribution in [2.24, 2.45) is 0 Å². The summed E-state index contributed by atoms with van der Waals surface area (Å²) in [7, 11) is -3.04. The van der Waals surface area contributed by atoms with Crippen LogP contribution in [0.4, 0.5) is 0 Å². The van der Waals surface area contributed by atoms with Crippen molar-refractivity contribution >= 4 is 17.8 Å². The Morgan fingerprint density at radius 2 is 1.47 bits per heavy atom. The van der Waals surface area contributed by atoms with E-state index in [-0.39, 0.29) is 11.9 Å². The van der Waals surface area contributed by atoms with Crippen molar-refractivity contribution in [1.29, 1.82) is 0 Å². The molecule has 1 aliphatic rings. The third kappa shape index (κ3) is 4.29. The molecule has 0 spiro atoms. The molecule has 1 saturated heterocycles. The largest absolute Gasteiger partial charge is 0.504 e. The van der Waals surface area contributed by atoms with Crippen LogP contribution in [0.15, 0.2) is 84.9 Å². The predicted molar refractivity (Wildman–Crippen MR) is 118 cm³/mol. The number of ether oxygens (including phenoxy) is 2. The first-order valence-corrected chi connectivity index (χ1v) is 11.9. The molecule has 2 N–H and O–H groups in total. The van der Waals surface area contributed by atoms with Gasteiger partial charge in [-0.15, -0.1) is 0 Å². The second-order valence-corrected chi connectivity index (χ2v) is 10.3. The van der Waals surface area contributed by atoms with Crippen molar-refractivity contribution < 1.29 is 24.3 Å². The third-order valence-electron chi connectivity index (χ3n) is 5.42. The van der Waals surface area contributed by atoms with E-state index in [0.717, 1.165) is 10.6 Å². The van der Waals surface area contributed by atoms with Crippen LogP contribution in [-0.4, -0.2) is 41.3 Å². The zero-order valence-electron chi connectivity index (χ0n) is 16.5. The Hall–Kier alpha value is -2.59. The molecule has 0 amide bonds. The van der Waals surface area contributed by atoms with E-state index in [1.165, 1.54) is 6.07 Å². The Kier molecular flexibility index (Phi) is 6.24. The van der Waals surface area contributed by atoms with Gasteiger partial charge >= 0.3 is 0 Å². The fourth-order valence-corrected chi connectivity index (χ4v) is 6.66. The average Bonchev–Trinajstić information content (AvgIpc) is 2.79. The maximum Gasteiger partial charge on any atom is 0.161 e. The van der Waals surface area contributed by atoms with E-state index < -0.39 is 25.5 Å². The summed E-state index contributed by atoms with van der Waals surface area (Å²) in [4.78, 5) is 0. The van der Waals surface area contributed by atoms with Crippen LogP contribution in [0.3, 0.4) is 0 Å². The summed E-state index contributed by atoms with van der Waals surface area (Å²) in [5.74, 6) is 0.337. The molecule has 156 valence electrons. The van der Waals surface area contributed by atoms with Crippen LogP contribution < -0.4 is 15.3 Å². The average molecular weight is 424 g/mol. The molecule has 2 unspecified atom stereocenters. The fraction of sp³-hybridized carbons (Fsp3) is 0.250. The minimum Gasteiger partial charge on any atom is -0.504 e. The van der Waals surface area contributed by atoms with E-state index in [0.29, 0.717) is 18.8 Å². The molecule has 1 heterocycles. The topological polar surface area (TPSA) is 76.0 Å². The minimum atomic E-state index is -3.04. The van der Waals surface area contributed by atoms with Gasteiger partial charge in [0.05, 0.1) is 12.7 Å². The molecule has 0 saturated carbocycles. The lowest BCUT2D eigenvalue weighted by Gasteiger charge is -2.36. The molecule has 0 aliphatic carbocycles. The molecule has 3 aromatic rings. The second-order valence-electron chi connectivity index (χ2n) is 7.41. The van der Waals surface area contributed by atoms with E-state index in [1.807, 2.05) is 60.7 Å². The smallest absolute Gasteiger partial charge is 0.161 e. The first-order chi connectivity index (χ1) is 14.6. The van der Waals surface area contributed by atoms with Gasteiger partial charge in [0, 0.05) is 23.2 Å². The van der Waals surface area contributed by atoms with Crippen LogP contribution >= 0.6 is 7.14 Å². The van der Waals surface area contributed by atoms with E-state index in [2.05, 4.69) is 0 Å². The second kappa shape index (κ2) is 9.05. The van der Waals surface area contributed by atoms with Crippen LogP contribution in [0.2, 0.25) is 0 Å². The molecule has 4 rings (SSSR count). The van der Waals surface area contributed by atoms with Gasteiger partial charge in [-0.05, 0) is 12.1 Å². The number of phenols is 1. The van der Waals surface area contributed by atoms with Crippen molar-refractivity contribution in [3.05, 3.63) is 84.9 Å². The number of rotatable bonds is 6. The summed E-state index contributed by atoms with van der Waals surface area (Å²) in [6.07, 6.45) is -1.53. The SMILES string of the molecule is O=P(CC1OCCC(Oc2ccccc2O)[C@@H]1O)(c1ccccc1)c1ccccc1. The van der Waals surface area contributed by atoms with Gasteiger partial charge in [-0.2, -0.15) is 0 Å². The van der Waals surface area contributed by atoms with E-state index in [4.69, 9.17) is 9.47 Å². The lowest BCUT2D eigenvalue weighted by atomic mass is 10.0. The molecule has 0 bridgehead atoms. The standard InChI is InChI=1S/C24H25O5P/c25-20-13-7-8-14-21(20)29-22-15-16-28-23(24(22)26)17-30(27,18-9-3-1-4-10-18)19-11-5-2-6-12-19/h1-14,22-26H,15-17H2/t22?,23?,24-/m0/s1. The molecule has 0 aromatic heterocycles. The minimum absolute atomic E-state index is 0.0204. The molecule has 6 heteroatoms. The van der Waals surface area contributed by atoms with Gasteiger partial charge in [0.2, 0.25) is 0 Å². The van der Waals surface area contributed by atoms with Crippen LogP contribution in [0.1, 0.15) is 6.42 Å². The molecule has 1 aliphatic heterocycles. The molecule has 3 aromatic carbocycles. The Bertz CT molecular complexity index is 965. The van der Waals surface area contributed by atoms with Crippen molar-refractivity contribution in [3.8, 4) is 11.5 Å². The summed E-state index contributed by atoms with van der Waals surface area (Å²) in [6, 6.07) is 25.4. The maximum absolute atomic E-state index is 14.3. The Labute approximate surface area is 176 Å². The summed E-state index contributed by atoms with van der Waals surface area (Å²) in [5, 5.41) is 22.4.